The number of hydrogen-bond acceptors (Lipinski definition) is 1. The van der Waals surface area contributed by atoms with E-state index in [2.05, 4.69) is 38.0 Å². The molecule has 1 aromatic heterocycles. The normalized spacial score (nSPS) is 12.7. The summed E-state index contributed by atoms with van der Waals surface area (Å²) in [5, 5.41) is 0. The van der Waals surface area contributed by atoms with Crippen LogP contribution in [0.4, 0.5) is 0 Å². The summed E-state index contributed by atoms with van der Waals surface area (Å²) in [5.41, 5.74) is 3.97. The molecule has 0 bridgehead atoms. The molecule has 3 rings (SSSR count). The molecule has 1 heterocycles. The summed E-state index contributed by atoms with van der Waals surface area (Å²) < 4.78 is 0. The van der Waals surface area contributed by atoms with Gasteiger partial charge in [0.1, 0.15) is 0 Å². The summed E-state index contributed by atoms with van der Waals surface area (Å²) in [6.45, 7) is 0. The van der Waals surface area contributed by atoms with Crippen molar-refractivity contribution in [2.45, 2.75) is 11.2 Å². The average molecular weight is 317 g/mol. The molecule has 2 aromatic carbocycles. The quantitative estimate of drug-likeness (QED) is 0.713. The van der Waals surface area contributed by atoms with Crippen molar-refractivity contribution < 1.29 is 0 Å². The van der Waals surface area contributed by atoms with Crippen molar-refractivity contribution in [3.8, 4) is 0 Å². The molecule has 0 spiro atoms. The minimum absolute atomic E-state index is 0.165. The summed E-state index contributed by atoms with van der Waals surface area (Å²) in [6.07, 6.45) is 0.918. The lowest BCUT2D eigenvalue weighted by atomic mass is 10.0. The van der Waals surface area contributed by atoms with E-state index in [0.717, 1.165) is 23.0 Å². The van der Waals surface area contributed by atoms with Crippen LogP contribution in [0.25, 0.3) is 11.0 Å². The fourth-order valence-electron chi connectivity index (χ4n) is 2.18. The highest BCUT2D eigenvalue weighted by molar-refractivity contribution is 9.09. The lowest BCUT2D eigenvalue weighted by Crippen LogP contribution is -1.99. The molecule has 0 radical (unpaired) electrons. The Balaban J connectivity index is 1.88. The van der Waals surface area contributed by atoms with Crippen LogP contribution in [0.2, 0.25) is 0 Å². The predicted molar refractivity (Wildman–Crippen MR) is 80.7 cm³/mol. The Morgan fingerprint density at radius 2 is 1.74 bits per heavy atom. The van der Waals surface area contributed by atoms with E-state index >= 15 is 0 Å². The van der Waals surface area contributed by atoms with Crippen LogP contribution in [0, 0.1) is 0 Å². The van der Waals surface area contributed by atoms with Crippen LogP contribution in [0.1, 0.15) is 16.0 Å². The first-order valence-electron chi connectivity index (χ1n) is 6.12. The SMILES string of the molecule is O=c1[nH]c2ccc(C(Br)Cc3ccccc3)cc2[nH]1. The van der Waals surface area contributed by atoms with Crippen molar-refractivity contribution in [1.29, 1.82) is 0 Å². The Morgan fingerprint density at radius 1 is 1.00 bits per heavy atom. The lowest BCUT2D eigenvalue weighted by Gasteiger charge is -2.10. The topological polar surface area (TPSA) is 48.6 Å². The standard InChI is InChI=1S/C15H13BrN2O/c16-12(8-10-4-2-1-3-5-10)11-6-7-13-14(9-11)18-15(19)17-13/h1-7,9,12H,8H2,(H2,17,18,19). The summed E-state index contributed by atoms with van der Waals surface area (Å²) in [6, 6.07) is 16.3. The highest BCUT2D eigenvalue weighted by Crippen LogP contribution is 2.28. The fourth-order valence-corrected chi connectivity index (χ4v) is 2.84. The Hall–Kier alpha value is -1.81. The first kappa shape index (κ1) is 12.2. The maximum absolute atomic E-state index is 11.2. The van der Waals surface area contributed by atoms with Gasteiger partial charge in [0.05, 0.1) is 11.0 Å². The summed E-state index contributed by atoms with van der Waals surface area (Å²) in [5.74, 6) is 0. The molecular formula is C15H13BrN2O. The van der Waals surface area contributed by atoms with E-state index in [-0.39, 0.29) is 10.5 Å². The molecule has 1 unspecified atom stereocenters. The Kier molecular flexibility index (Phi) is 3.25. The molecule has 0 amide bonds. The summed E-state index contributed by atoms with van der Waals surface area (Å²) in [4.78, 5) is 17.0. The van der Waals surface area contributed by atoms with Crippen molar-refractivity contribution in [1.82, 2.24) is 9.97 Å². The monoisotopic (exact) mass is 316 g/mol. The van der Waals surface area contributed by atoms with Gasteiger partial charge >= 0.3 is 5.69 Å². The highest BCUT2D eigenvalue weighted by atomic mass is 79.9. The Bertz CT molecular complexity index is 745. The smallest absolute Gasteiger partial charge is 0.306 e. The molecule has 3 nitrogen and oxygen atoms in total. The predicted octanol–water partition coefficient (Wildman–Crippen LogP) is 3.53. The van der Waals surface area contributed by atoms with E-state index in [0.29, 0.717) is 0 Å². The van der Waals surface area contributed by atoms with Gasteiger partial charge in [-0.25, -0.2) is 4.79 Å². The van der Waals surface area contributed by atoms with Gasteiger partial charge in [0.15, 0.2) is 0 Å². The number of rotatable bonds is 3. The maximum Gasteiger partial charge on any atom is 0.323 e. The number of aromatic amines is 2. The zero-order valence-electron chi connectivity index (χ0n) is 10.2. The van der Waals surface area contributed by atoms with E-state index in [1.165, 1.54) is 5.56 Å². The van der Waals surface area contributed by atoms with Crippen molar-refractivity contribution in [2.24, 2.45) is 0 Å². The number of nitrogens with one attached hydrogen (secondary N) is 2. The fraction of sp³-hybridized carbons (Fsp3) is 0.133. The molecule has 4 heteroatoms. The molecule has 0 fully saturated rings. The minimum atomic E-state index is -0.165. The second kappa shape index (κ2) is 5.05. The number of alkyl halides is 1. The first-order valence-corrected chi connectivity index (χ1v) is 7.04. The summed E-state index contributed by atoms with van der Waals surface area (Å²) in [7, 11) is 0. The van der Waals surface area contributed by atoms with Crippen LogP contribution < -0.4 is 5.69 Å². The number of benzene rings is 2. The van der Waals surface area contributed by atoms with E-state index < -0.39 is 0 Å². The second-order valence-electron chi connectivity index (χ2n) is 4.54. The molecule has 3 aromatic rings. The first-order chi connectivity index (χ1) is 9.22. The van der Waals surface area contributed by atoms with Crippen molar-refractivity contribution in [3.05, 3.63) is 70.1 Å². The number of H-pyrrole nitrogens is 2. The van der Waals surface area contributed by atoms with Crippen LogP contribution in [0.3, 0.4) is 0 Å². The molecule has 19 heavy (non-hydrogen) atoms. The minimum Gasteiger partial charge on any atom is -0.306 e. The van der Waals surface area contributed by atoms with Gasteiger partial charge in [-0.05, 0) is 29.7 Å². The van der Waals surface area contributed by atoms with Gasteiger partial charge in [0.2, 0.25) is 0 Å². The van der Waals surface area contributed by atoms with Gasteiger partial charge in [-0.1, -0.05) is 52.3 Å². The van der Waals surface area contributed by atoms with E-state index in [1.54, 1.807) is 0 Å². The van der Waals surface area contributed by atoms with Crippen LogP contribution in [0.5, 0.6) is 0 Å². The molecule has 96 valence electrons. The van der Waals surface area contributed by atoms with Crippen molar-refractivity contribution in [3.63, 3.8) is 0 Å². The van der Waals surface area contributed by atoms with E-state index in [1.807, 2.05) is 36.4 Å². The zero-order valence-corrected chi connectivity index (χ0v) is 11.8. The molecule has 0 aliphatic carbocycles. The van der Waals surface area contributed by atoms with Gasteiger partial charge in [-0.3, -0.25) is 0 Å². The number of aromatic nitrogens is 2. The van der Waals surface area contributed by atoms with Gasteiger partial charge in [-0.2, -0.15) is 0 Å². The van der Waals surface area contributed by atoms with Gasteiger partial charge in [-0.15, -0.1) is 0 Å². The largest absolute Gasteiger partial charge is 0.323 e. The number of halogens is 1. The molecular weight excluding hydrogens is 304 g/mol. The Labute approximate surface area is 118 Å². The number of fused-ring (bicyclic) bond motifs is 1. The van der Waals surface area contributed by atoms with Crippen LogP contribution in [0.15, 0.2) is 53.3 Å². The number of imidazole rings is 1. The number of hydrogen-bond donors (Lipinski definition) is 2. The van der Waals surface area contributed by atoms with E-state index in [9.17, 15) is 4.79 Å². The Morgan fingerprint density at radius 3 is 2.53 bits per heavy atom. The van der Waals surface area contributed by atoms with Gasteiger partial charge < -0.3 is 9.97 Å². The van der Waals surface area contributed by atoms with Crippen LogP contribution in [-0.2, 0) is 6.42 Å². The zero-order chi connectivity index (χ0) is 13.2. The molecule has 0 saturated heterocycles. The third kappa shape index (κ3) is 2.63. The molecule has 2 N–H and O–H groups in total. The second-order valence-corrected chi connectivity index (χ2v) is 5.65. The maximum atomic E-state index is 11.2. The average Bonchev–Trinajstić information content (AvgIpc) is 2.78. The van der Waals surface area contributed by atoms with Crippen LogP contribution >= 0.6 is 15.9 Å². The van der Waals surface area contributed by atoms with Crippen molar-refractivity contribution >= 4 is 27.0 Å². The highest BCUT2D eigenvalue weighted by Gasteiger charge is 2.10. The van der Waals surface area contributed by atoms with Crippen molar-refractivity contribution in [2.75, 3.05) is 0 Å². The molecule has 0 aliphatic rings. The molecule has 0 saturated carbocycles. The molecule has 0 aliphatic heterocycles. The lowest BCUT2D eigenvalue weighted by molar-refractivity contribution is 0.950. The van der Waals surface area contributed by atoms with Gasteiger partial charge in [0, 0.05) is 4.83 Å². The summed E-state index contributed by atoms with van der Waals surface area (Å²) >= 11 is 3.71. The van der Waals surface area contributed by atoms with Gasteiger partial charge in [0.25, 0.3) is 0 Å². The van der Waals surface area contributed by atoms with E-state index in [4.69, 9.17) is 0 Å². The molecule has 1 atom stereocenters. The van der Waals surface area contributed by atoms with Crippen LogP contribution in [-0.4, -0.2) is 9.97 Å². The third-order valence-electron chi connectivity index (χ3n) is 3.16. The third-order valence-corrected chi connectivity index (χ3v) is 4.01.